The molecule has 1 saturated heterocycles. The molecule has 84 valence electrons. The van der Waals surface area contributed by atoms with Gasteiger partial charge in [-0.15, -0.1) is 0 Å². The molecule has 1 heterocycles. The first kappa shape index (κ1) is 11.7. The number of alkyl halides is 3. The van der Waals surface area contributed by atoms with Crippen LogP contribution in [0, 0.1) is 0 Å². The number of β-amino-alcohol motifs (C(OH)–C–C–N with tert-alkyl or cyclic N) is 2. The average molecular weight is 213 g/mol. The van der Waals surface area contributed by atoms with Gasteiger partial charge in [0.05, 0.1) is 12.2 Å². The Morgan fingerprint density at radius 3 is 2.07 bits per heavy atom. The van der Waals surface area contributed by atoms with Crippen molar-refractivity contribution in [1.82, 2.24) is 4.90 Å². The molecule has 1 aliphatic rings. The lowest BCUT2D eigenvalue weighted by molar-refractivity contribution is -0.136. The summed E-state index contributed by atoms with van der Waals surface area (Å²) in [6.07, 6.45) is -6.54. The summed E-state index contributed by atoms with van der Waals surface area (Å²) in [6.45, 7) is 0.797. The Kier molecular flexibility index (Phi) is 3.74. The van der Waals surface area contributed by atoms with E-state index in [1.807, 2.05) is 0 Å². The monoisotopic (exact) mass is 213 g/mol. The molecule has 2 atom stereocenters. The number of rotatable bonds is 3. The summed E-state index contributed by atoms with van der Waals surface area (Å²) in [5.41, 5.74) is 0. The highest BCUT2D eigenvalue weighted by Gasteiger charge is 2.31. The summed E-state index contributed by atoms with van der Waals surface area (Å²) >= 11 is 0. The van der Waals surface area contributed by atoms with Crippen LogP contribution in [0.1, 0.15) is 12.8 Å². The van der Waals surface area contributed by atoms with Crippen molar-refractivity contribution in [3.05, 3.63) is 0 Å². The van der Waals surface area contributed by atoms with Gasteiger partial charge in [0, 0.05) is 19.5 Å². The van der Waals surface area contributed by atoms with Crippen LogP contribution in [0.15, 0.2) is 0 Å². The zero-order valence-corrected chi connectivity index (χ0v) is 7.67. The third-order valence-corrected chi connectivity index (χ3v) is 2.27. The molecule has 1 fully saturated rings. The number of hydrogen-bond acceptors (Lipinski definition) is 3. The number of aliphatic hydroxyl groups excluding tert-OH is 2. The molecule has 14 heavy (non-hydrogen) atoms. The first-order chi connectivity index (χ1) is 6.38. The fraction of sp³-hybridized carbons (Fsp3) is 1.00. The van der Waals surface area contributed by atoms with Gasteiger partial charge in [0.15, 0.2) is 0 Å². The van der Waals surface area contributed by atoms with Gasteiger partial charge in [-0.1, -0.05) is 0 Å². The highest BCUT2D eigenvalue weighted by molar-refractivity contribution is 4.82. The van der Waals surface area contributed by atoms with E-state index >= 15 is 0 Å². The predicted molar refractivity (Wildman–Crippen MR) is 43.7 cm³/mol. The molecule has 0 aromatic carbocycles. The maximum absolute atomic E-state index is 11.8. The standard InChI is InChI=1S/C8H14F3NO2/c9-8(10,11)2-1-3-12-4-6(13)7(14)5-12/h6-7,13-14H,1-5H2/t6-,7+. The molecule has 0 spiro atoms. The maximum Gasteiger partial charge on any atom is 0.389 e. The van der Waals surface area contributed by atoms with Crippen LogP contribution in [0.4, 0.5) is 13.2 Å². The smallest absolute Gasteiger partial charge is 0.389 e. The predicted octanol–water partition coefficient (Wildman–Crippen LogP) is 0.366. The first-order valence-electron chi connectivity index (χ1n) is 4.54. The van der Waals surface area contributed by atoms with Gasteiger partial charge in [-0.3, -0.25) is 4.90 Å². The van der Waals surface area contributed by atoms with Crippen molar-refractivity contribution < 1.29 is 23.4 Å². The molecular formula is C8H14F3NO2. The van der Waals surface area contributed by atoms with Crippen LogP contribution in [0.5, 0.6) is 0 Å². The fourth-order valence-corrected chi connectivity index (χ4v) is 1.53. The van der Waals surface area contributed by atoms with Crippen LogP contribution < -0.4 is 0 Å². The normalized spacial score (nSPS) is 29.8. The van der Waals surface area contributed by atoms with E-state index in [1.54, 1.807) is 4.90 Å². The van der Waals surface area contributed by atoms with Crippen molar-refractivity contribution in [3.63, 3.8) is 0 Å². The van der Waals surface area contributed by atoms with Crippen molar-refractivity contribution in [3.8, 4) is 0 Å². The molecule has 0 amide bonds. The van der Waals surface area contributed by atoms with Crippen molar-refractivity contribution in [2.45, 2.75) is 31.2 Å². The minimum Gasteiger partial charge on any atom is -0.389 e. The maximum atomic E-state index is 11.8. The Hall–Kier alpha value is -0.330. The molecule has 3 nitrogen and oxygen atoms in total. The highest BCUT2D eigenvalue weighted by Crippen LogP contribution is 2.22. The summed E-state index contributed by atoms with van der Waals surface area (Å²) in [7, 11) is 0. The molecule has 1 aliphatic heterocycles. The molecular weight excluding hydrogens is 199 g/mol. The number of halogens is 3. The average Bonchev–Trinajstić information content (AvgIpc) is 2.28. The van der Waals surface area contributed by atoms with E-state index in [0.717, 1.165) is 0 Å². The van der Waals surface area contributed by atoms with E-state index in [-0.39, 0.29) is 26.1 Å². The molecule has 0 saturated carbocycles. The third kappa shape index (κ3) is 3.81. The molecule has 0 unspecified atom stereocenters. The lowest BCUT2D eigenvalue weighted by Gasteiger charge is -2.14. The molecule has 2 N–H and O–H groups in total. The van der Waals surface area contributed by atoms with E-state index in [9.17, 15) is 13.2 Å². The van der Waals surface area contributed by atoms with Crippen LogP contribution in [0.3, 0.4) is 0 Å². The van der Waals surface area contributed by atoms with Gasteiger partial charge in [-0.2, -0.15) is 13.2 Å². The first-order valence-corrected chi connectivity index (χ1v) is 4.54. The fourth-order valence-electron chi connectivity index (χ4n) is 1.53. The van der Waals surface area contributed by atoms with Crippen molar-refractivity contribution in [2.24, 2.45) is 0 Å². The quantitative estimate of drug-likeness (QED) is 0.711. The van der Waals surface area contributed by atoms with Gasteiger partial charge in [0.1, 0.15) is 0 Å². The topological polar surface area (TPSA) is 43.7 Å². The van der Waals surface area contributed by atoms with Crippen LogP contribution >= 0.6 is 0 Å². The second-order valence-corrected chi connectivity index (χ2v) is 3.61. The molecule has 0 radical (unpaired) electrons. The molecule has 0 aromatic heterocycles. The molecule has 1 rings (SSSR count). The number of nitrogens with zero attached hydrogens (tertiary/aromatic N) is 1. The number of aliphatic hydroxyl groups is 2. The second kappa shape index (κ2) is 4.46. The van der Waals surface area contributed by atoms with Crippen molar-refractivity contribution in [2.75, 3.05) is 19.6 Å². The lowest BCUT2D eigenvalue weighted by Crippen LogP contribution is -2.24. The molecule has 0 aromatic rings. The lowest BCUT2D eigenvalue weighted by atomic mass is 10.3. The summed E-state index contributed by atoms with van der Waals surface area (Å²) in [4.78, 5) is 1.64. The van der Waals surface area contributed by atoms with E-state index in [1.165, 1.54) is 0 Å². The summed E-state index contributed by atoms with van der Waals surface area (Å²) in [5.74, 6) is 0. The Morgan fingerprint density at radius 2 is 1.64 bits per heavy atom. The van der Waals surface area contributed by atoms with Crippen molar-refractivity contribution >= 4 is 0 Å². The second-order valence-electron chi connectivity index (χ2n) is 3.61. The molecule has 0 aliphatic carbocycles. The Morgan fingerprint density at radius 1 is 1.14 bits per heavy atom. The van der Waals surface area contributed by atoms with Gasteiger partial charge in [-0.25, -0.2) is 0 Å². The summed E-state index contributed by atoms with van der Waals surface area (Å²) < 4.78 is 35.3. The molecule has 6 heteroatoms. The Bertz CT molecular complexity index is 176. The van der Waals surface area contributed by atoms with E-state index in [4.69, 9.17) is 10.2 Å². The zero-order valence-electron chi connectivity index (χ0n) is 7.67. The Labute approximate surface area is 80.1 Å². The van der Waals surface area contributed by atoms with Crippen LogP contribution in [-0.2, 0) is 0 Å². The van der Waals surface area contributed by atoms with Gasteiger partial charge in [-0.05, 0) is 13.0 Å². The van der Waals surface area contributed by atoms with Gasteiger partial charge in [0.2, 0.25) is 0 Å². The van der Waals surface area contributed by atoms with Crippen LogP contribution in [0.2, 0.25) is 0 Å². The van der Waals surface area contributed by atoms with Gasteiger partial charge in [0.25, 0.3) is 0 Å². The minimum absolute atomic E-state index is 0.0168. The minimum atomic E-state index is -4.11. The van der Waals surface area contributed by atoms with Crippen molar-refractivity contribution in [1.29, 1.82) is 0 Å². The van der Waals surface area contributed by atoms with Gasteiger partial charge >= 0.3 is 6.18 Å². The van der Waals surface area contributed by atoms with E-state index in [2.05, 4.69) is 0 Å². The zero-order chi connectivity index (χ0) is 10.8. The highest BCUT2D eigenvalue weighted by atomic mass is 19.4. The van der Waals surface area contributed by atoms with E-state index in [0.29, 0.717) is 0 Å². The molecule has 0 bridgehead atoms. The summed E-state index contributed by atoms with van der Waals surface area (Å²) in [6, 6.07) is 0. The SMILES string of the molecule is O[C@@H]1CN(CCCC(F)(F)F)C[C@@H]1O. The third-order valence-electron chi connectivity index (χ3n) is 2.27. The van der Waals surface area contributed by atoms with Crippen LogP contribution in [-0.4, -0.2) is 53.1 Å². The van der Waals surface area contributed by atoms with E-state index < -0.39 is 24.8 Å². The Balaban J connectivity index is 2.15. The largest absolute Gasteiger partial charge is 0.389 e. The summed E-state index contributed by atoms with van der Waals surface area (Å²) in [5, 5.41) is 18.2. The van der Waals surface area contributed by atoms with Crippen LogP contribution in [0.25, 0.3) is 0 Å². The number of likely N-dealkylation sites (tertiary alicyclic amines) is 1. The number of hydrogen-bond donors (Lipinski definition) is 2. The van der Waals surface area contributed by atoms with Gasteiger partial charge < -0.3 is 10.2 Å².